The Hall–Kier alpha value is -6.48. The van der Waals surface area contributed by atoms with E-state index in [0.29, 0.717) is 54.7 Å². The van der Waals surface area contributed by atoms with Gasteiger partial charge in [0.25, 0.3) is 11.8 Å². The molecule has 15 heteroatoms. The molecular weight excluding hydrogens is 765 g/mol. The molecule has 2 fully saturated rings. The van der Waals surface area contributed by atoms with E-state index in [1.54, 1.807) is 25.3 Å². The highest BCUT2D eigenvalue weighted by atomic mass is 16.5. The normalized spacial score (nSPS) is 21.4. The summed E-state index contributed by atoms with van der Waals surface area (Å²) in [4.78, 5) is 81.5. The molecule has 5 aromatic rings. The topological polar surface area (TPSA) is 178 Å². The van der Waals surface area contributed by atoms with Gasteiger partial charge in [-0.05, 0) is 48.9 Å². The second-order valence-corrected chi connectivity index (χ2v) is 16.7. The number of carbonyl (C=O) groups excluding carboxylic acids is 5. The first-order chi connectivity index (χ1) is 29.1. The molecule has 10 rings (SSSR count). The highest BCUT2D eigenvalue weighted by Gasteiger charge is 2.45. The van der Waals surface area contributed by atoms with E-state index in [1.165, 1.54) is 4.90 Å². The van der Waals surface area contributed by atoms with E-state index in [0.717, 1.165) is 70.7 Å². The Bertz CT molecular complexity index is 2630. The summed E-state index contributed by atoms with van der Waals surface area (Å²) in [7, 11) is 0. The Labute approximate surface area is 345 Å². The number of nitrogens with zero attached hydrogens (tertiary/aromatic N) is 6. The lowest BCUT2D eigenvalue weighted by Gasteiger charge is -2.30. The molecule has 60 heavy (non-hydrogen) atoms. The number of benzene rings is 2. The number of hydrogen-bond donors (Lipinski definition) is 2. The summed E-state index contributed by atoms with van der Waals surface area (Å²) in [5, 5.41) is 7.31. The van der Waals surface area contributed by atoms with E-state index < -0.39 is 17.4 Å². The van der Waals surface area contributed by atoms with Gasteiger partial charge in [0.2, 0.25) is 17.7 Å². The number of pyridine rings is 2. The number of aromatic nitrogens is 4. The zero-order valence-corrected chi connectivity index (χ0v) is 33.5. The van der Waals surface area contributed by atoms with Crippen LogP contribution in [-0.2, 0) is 44.2 Å². The molecule has 2 atom stereocenters. The molecule has 5 amide bonds. The molecule has 2 saturated heterocycles. The van der Waals surface area contributed by atoms with Gasteiger partial charge in [0.15, 0.2) is 0 Å². The summed E-state index contributed by atoms with van der Waals surface area (Å²) in [5.41, 5.74) is 6.13. The lowest BCUT2D eigenvalue weighted by atomic mass is 9.83. The van der Waals surface area contributed by atoms with Crippen molar-refractivity contribution in [2.24, 2.45) is 0 Å². The van der Waals surface area contributed by atoms with Crippen molar-refractivity contribution >= 4 is 40.3 Å². The molecule has 15 nitrogen and oxygen atoms in total. The minimum atomic E-state index is -0.717. The number of amides is 5. The number of imidazole rings is 1. The molecule has 306 valence electrons. The second kappa shape index (κ2) is 14.7. The Morgan fingerprint density at radius 1 is 0.967 bits per heavy atom. The Morgan fingerprint density at radius 3 is 2.60 bits per heavy atom. The average Bonchev–Trinajstić information content (AvgIpc) is 3.93. The lowest BCUT2D eigenvalue weighted by Crippen LogP contribution is -2.52. The molecule has 0 bridgehead atoms. The number of carbonyl (C=O) groups is 5. The molecule has 0 aliphatic carbocycles. The monoisotopic (exact) mass is 808 g/mol. The van der Waals surface area contributed by atoms with Crippen molar-refractivity contribution in [1.29, 1.82) is 0 Å². The number of piperidine rings is 1. The van der Waals surface area contributed by atoms with Crippen molar-refractivity contribution in [3.63, 3.8) is 0 Å². The molecule has 8 heterocycles. The largest absolute Gasteiger partial charge is 0.492 e. The van der Waals surface area contributed by atoms with Crippen LogP contribution < -0.4 is 15.4 Å². The predicted molar refractivity (Wildman–Crippen MR) is 218 cm³/mol. The first-order valence-corrected chi connectivity index (χ1v) is 20.6. The van der Waals surface area contributed by atoms with Crippen LogP contribution in [0.2, 0.25) is 0 Å². The summed E-state index contributed by atoms with van der Waals surface area (Å²) in [6, 6.07) is 14.6. The standard InChI is InChI=1S/C45H44N8O7/c1-25(54)51-14-15-52-37(22-51)39(50-41(52)26-12-16-59-17-13-26)29-5-3-4-27-18-35(47-20-31(27)29)28-6-9-34(46-19-28)42(56)48-23-45(2)24-60-40-32-21-53(36-10-11-38(55)49-43(36)57)44(58)30(32)7-8-33(40)45/h3-9,18-20,26,36H,10-17,21-24H2,1-2H3,(H,48,56)(H,49,55,57)/t36?,45-/m0/s1. The van der Waals surface area contributed by atoms with Gasteiger partial charge in [-0.2, -0.15) is 0 Å². The number of imide groups is 1. The van der Waals surface area contributed by atoms with Crippen LogP contribution in [0.3, 0.4) is 0 Å². The fourth-order valence-corrected chi connectivity index (χ4v) is 9.44. The maximum absolute atomic E-state index is 13.4. The van der Waals surface area contributed by atoms with Gasteiger partial charge in [0, 0.05) is 103 Å². The summed E-state index contributed by atoms with van der Waals surface area (Å²) in [6.07, 6.45) is 5.82. The van der Waals surface area contributed by atoms with E-state index in [9.17, 15) is 24.0 Å². The molecule has 2 aromatic carbocycles. The molecule has 2 N–H and O–H groups in total. The third-order valence-electron chi connectivity index (χ3n) is 12.9. The van der Waals surface area contributed by atoms with Gasteiger partial charge in [-0.1, -0.05) is 31.2 Å². The SMILES string of the molecule is CC(=O)N1CCn2c(C3CCOCC3)nc(-c3cccc4cc(-c5ccc(C(=O)NC[C@@]6(C)COc7c6ccc6c7CN(C7CCC(=O)NC7=O)C6=O)nc5)ncc34)c2C1. The molecule has 0 spiro atoms. The highest BCUT2D eigenvalue weighted by Crippen LogP contribution is 2.45. The number of fused-ring (bicyclic) bond motifs is 5. The molecule has 0 radical (unpaired) electrons. The smallest absolute Gasteiger partial charge is 0.269 e. The maximum Gasteiger partial charge on any atom is 0.269 e. The maximum atomic E-state index is 13.4. The van der Waals surface area contributed by atoms with Crippen molar-refractivity contribution < 1.29 is 33.4 Å². The number of ether oxygens (including phenoxy) is 2. The van der Waals surface area contributed by atoms with Gasteiger partial charge in [-0.15, -0.1) is 0 Å². The van der Waals surface area contributed by atoms with Crippen LogP contribution in [0.5, 0.6) is 5.75 Å². The second-order valence-electron chi connectivity index (χ2n) is 16.7. The zero-order chi connectivity index (χ0) is 41.3. The molecular formula is C45H44N8O7. The molecule has 3 aromatic heterocycles. The van der Waals surface area contributed by atoms with Crippen molar-refractivity contribution in [3.05, 3.63) is 94.8 Å². The summed E-state index contributed by atoms with van der Waals surface area (Å²) in [5.74, 6) is 0.639. The molecule has 1 unspecified atom stereocenters. The van der Waals surface area contributed by atoms with Gasteiger partial charge in [0.1, 0.15) is 23.3 Å². The molecule has 0 saturated carbocycles. The predicted octanol–water partition coefficient (Wildman–Crippen LogP) is 4.26. The van der Waals surface area contributed by atoms with Crippen LogP contribution in [0.25, 0.3) is 33.3 Å². The van der Waals surface area contributed by atoms with Crippen LogP contribution in [0.4, 0.5) is 0 Å². The average molecular weight is 809 g/mol. The van der Waals surface area contributed by atoms with Crippen molar-refractivity contribution in [2.45, 2.75) is 76.5 Å². The first-order valence-electron chi connectivity index (χ1n) is 20.6. The molecule has 5 aliphatic rings. The van der Waals surface area contributed by atoms with E-state index in [2.05, 4.69) is 32.3 Å². The van der Waals surface area contributed by atoms with Crippen molar-refractivity contribution in [2.75, 3.05) is 32.9 Å². The van der Waals surface area contributed by atoms with Crippen LogP contribution in [0.15, 0.2) is 60.9 Å². The van der Waals surface area contributed by atoms with Crippen LogP contribution in [0, 0.1) is 0 Å². The van der Waals surface area contributed by atoms with Gasteiger partial charge in [-0.25, -0.2) is 4.98 Å². The van der Waals surface area contributed by atoms with Gasteiger partial charge >= 0.3 is 0 Å². The van der Waals surface area contributed by atoms with Gasteiger partial charge in [0.05, 0.1) is 36.8 Å². The Morgan fingerprint density at radius 2 is 1.82 bits per heavy atom. The Kier molecular flexibility index (Phi) is 9.23. The molecule has 5 aliphatic heterocycles. The first kappa shape index (κ1) is 37.8. The van der Waals surface area contributed by atoms with E-state index >= 15 is 0 Å². The van der Waals surface area contributed by atoms with E-state index in [1.807, 2.05) is 42.3 Å². The summed E-state index contributed by atoms with van der Waals surface area (Å²) < 4.78 is 14.2. The van der Waals surface area contributed by atoms with Crippen LogP contribution in [-0.4, -0.2) is 97.8 Å². The van der Waals surface area contributed by atoms with Crippen LogP contribution in [0.1, 0.15) is 88.9 Å². The fraction of sp³-hybridized carbons (Fsp3) is 0.378. The van der Waals surface area contributed by atoms with Crippen molar-refractivity contribution in [1.82, 2.24) is 40.0 Å². The van der Waals surface area contributed by atoms with E-state index in [4.69, 9.17) is 19.4 Å². The van der Waals surface area contributed by atoms with E-state index in [-0.39, 0.29) is 55.3 Å². The summed E-state index contributed by atoms with van der Waals surface area (Å²) in [6.45, 7) is 7.71. The lowest BCUT2D eigenvalue weighted by molar-refractivity contribution is -0.137. The Balaban J connectivity index is 0.847. The fourth-order valence-electron chi connectivity index (χ4n) is 9.44. The number of nitrogens with one attached hydrogen (secondary N) is 2. The quantitative estimate of drug-likeness (QED) is 0.226. The third kappa shape index (κ3) is 6.38. The third-order valence-corrected chi connectivity index (χ3v) is 12.9. The minimum Gasteiger partial charge on any atom is -0.492 e. The van der Waals surface area contributed by atoms with Gasteiger partial charge in [-0.3, -0.25) is 39.3 Å². The summed E-state index contributed by atoms with van der Waals surface area (Å²) >= 11 is 0. The zero-order valence-electron chi connectivity index (χ0n) is 33.5. The number of rotatable bonds is 7. The van der Waals surface area contributed by atoms with Crippen molar-refractivity contribution in [3.8, 4) is 28.3 Å². The van der Waals surface area contributed by atoms with Crippen LogP contribution >= 0.6 is 0 Å². The number of hydrogen-bond acceptors (Lipinski definition) is 10. The minimum absolute atomic E-state index is 0.0519. The van der Waals surface area contributed by atoms with Gasteiger partial charge < -0.3 is 29.2 Å². The highest BCUT2D eigenvalue weighted by molar-refractivity contribution is 6.06.